The van der Waals surface area contributed by atoms with E-state index in [2.05, 4.69) is 27.4 Å². The monoisotopic (exact) mass is 959 g/mol. The van der Waals surface area contributed by atoms with E-state index in [1.54, 1.807) is 78.1 Å². The number of carbonyl (C=O) groups is 4. The summed E-state index contributed by atoms with van der Waals surface area (Å²) in [4.78, 5) is 65.1. The summed E-state index contributed by atoms with van der Waals surface area (Å²) in [5.41, 5.74) is 5.90. The van der Waals surface area contributed by atoms with Crippen molar-refractivity contribution in [2.75, 3.05) is 32.8 Å². The molecule has 15 heteroatoms. The van der Waals surface area contributed by atoms with Crippen molar-refractivity contribution in [3.8, 4) is 38.1 Å². The minimum absolute atomic E-state index is 0.00248. The number of ketones is 1. The number of amides is 3. The van der Waals surface area contributed by atoms with Crippen LogP contribution in [0.3, 0.4) is 0 Å². The third-order valence-electron chi connectivity index (χ3n) is 12.5. The Balaban J connectivity index is 0.869. The normalized spacial score (nSPS) is 15.9. The molecule has 1 aliphatic rings. The fourth-order valence-corrected chi connectivity index (χ4v) is 10.6. The van der Waals surface area contributed by atoms with E-state index in [-0.39, 0.29) is 54.5 Å². The second kappa shape index (κ2) is 21.9. The van der Waals surface area contributed by atoms with Gasteiger partial charge in [-0.25, -0.2) is 4.98 Å². The molecule has 0 spiro atoms. The van der Waals surface area contributed by atoms with E-state index in [0.29, 0.717) is 36.4 Å². The van der Waals surface area contributed by atoms with Crippen molar-refractivity contribution in [3.63, 3.8) is 0 Å². The molecule has 1 aliphatic heterocycles. The molecule has 0 unspecified atom stereocenters. The zero-order valence-corrected chi connectivity index (χ0v) is 41.1. The lowest BCUT2D eigenvalue weighted by Crippen LogP contribution is -2.57. The van der Waals surface area contributed by atoms with Crippen molar-refractivity contribution in [3.05, 3.63) is 119 Å². The molecule has 0 aliphatic carbocycles. The Morgan fingerprint density at radius 2 is 1.56 bits per heavy atom. The summed E-state index contributed by atoms with van der Waals surface area (Å²) in [6.45, 7) is 14.2. The maximum Gasteiger partial charge on any atom is 0.246 e. The number of rotatable bonds is 19. The lowest BCUT2D eigenvalue weighted by Gasteiger charge is -2.35. The van der Waals surface area contributed by atoms with Crippen LogP contribution < -0.4 is 15.4 Å². The molecule has 0 bridgehead atoms. The van der Waals surface area contributed by atoms with E-state index >= 15 is 0 Å². The number of carbonyl (C=O) groups excluding carboxylic acids is 4. The Bertz CT molecular complexity index is 2710. The molecule has 3 amide bonds. The highest BCUT2D eigenvalue weighted by Crippen LogP contribution is 2.42. The van der Waals surface area contributed by atoms with Gasteiger partial charge in [-0.3, -0.25) is 19.2 Å². The minimum atomic E-state index is -0.902. The number of likely N-dealkylation sites (tertiary alicyclic amines) is 1. The third kappa shape index (κ3) is 11.9. The highest BCUT2D eigenvalue weighted by molar-refractivity contribution is 7.22. The van der Waals surface area contributed by atoms with Crippen molar-refractivity contribution in [1.82, 2.24) is 25.4 Å². The highest BCUT2D eigenvalue weighted by Gasteiger charge is 2.44. The molecule has 4 atom stereocenters. The van der Waals surface area contributed by atoms with E-state index in [1.807, 2.05) is 64.4 Å². The lowest BCUT2D eigenvalue weighted by atomic mass is 9.85. The number of nitrogens with one attached hydrogen (secondary N) is 2. The summed E-state index contributed by atoms with van der Waals surface area (Å²) in [5, 5.41) is 37.4. The number of aryl methyl sites for hydroxylation is 1. The number of hydrogen-bond donors (Lipinski definition) is 5. The van der Waals surface area contributed by atoms with Crippen LogP contribution in [0.4, 0.5) is 0 Å². The van der Waals surface area contributed by atoms with Crippen LogP contribution in [0.25, 0.3) is 31.0 Å². The molecular formula is C53H61N5O8S2. The predicted octanol–water partition coefficient (Wildman–Crippen LogP) is 8.88. The van der Waals surface area contributed by atoms with Crippen LogP contribution in [-0.2, 0) is 14.4 Å². The Morgan fingerprint density at radius 3 is 2.22 bits per heavy atom. The number of unbranched alkanes of at least 4 members (excludes halogenated alkanes) is 1. The summed E-state index contributed by atoms with van der Waals surface area (Å²) < 4.78 is 6.86. The van der Waals surface area contributed by atoms with E-state index in [0.717, 1.165) is 61.7 Å². The molecule has 358 valence electrons. The van der Waals surface area contributed by atoms with Gasteiger partial charge in [-0.15, -0.1) is 22.7 Å². The van der Waals surface area contributed by atoms with Crippen LogP contribution in [0.2, 0.25) is 0 Å². The van der Waals surface area contributed by atoms with Gasteiger partial charge in [0.25, 0.3) is 0 Å². The van der Waals surface area contributed by atoms with Gasteiger partial charge in [0.2, 0.25) is 17.7 Å². The Kier molecular flexibility index (Phi) is 16.0. The number of ether oxygens (including phenoxy) is 1. The fraction of sp³-hybridized carbons (Fsp3) is 0.377. The molecule has 1 fully saturated rings. The molecule has 4 aromatic carbocycles. The molecule has 7 rings (SSSR count). The van der Waals surface area contributed by atoms with Gasteiger partial charge in [-0.05, 0) is 129 Å². The zero-order valence-electron chi connectivity index (χ0n) is 39.5. The average Bonchev–Trinajstić information content (AvgIpc) is 4.04. The summed E-state index contributed by atoms with van der Waals surface area (Å²) in [7, 11) is 0. The second-order valence-corrected chi connectivity index (χ2v) is 20.4. The van der Waals surface area contributed by atoms with Crippen LogP contribution >= 0.6 is 22.7 Å². The topological polar surface area (TPSA) is 182 Å². The number of aliphatic hydroxyl groups is 1. The van der Waals surface area contributed by atoms with Crippen molar-refractivity contribution in [2.45, 2.75) is 91.5 Å². The third-order valence-corrected chi connectivity index (χ3v) is 14.6. The van der Waals surface area contributed by atoms with Gasteiger partial charge in [0, 0.05) is 52.0 Å². The largest absolute Gasteiger partial charge is 0.508 e. The number of hydrogen-bond acceptors (Lipinski definition) is 12. The standard InChI is InChI=1S/C53H61N5O8S2/c1-7-57(26-27-66-41-22-17-35(18-23-41)47(63)46-42-24-21-39(60)29-44(42)68-49(46)37-15-19-38(59)20-16-37)25-9-8-10-45(62)56-50(53(4,5)6)52(65)58-30-40(61)28-43(58)51(64)55-32(2)34-11-13-36(14-12-34)48-33(3)54-31-67-48/h11-24,29,31-32,40,43,50,59-61H,7-10,25-28,30H2,1-6H3,(H,55,64)(H,56,62)/t32-,40+,43-,50+/m0/s1. The fourth-order valence-electron chi connectivity index (χ4n) is 8.56. The number of benzene rings is 4. The van der Waals surface area contributed by atoms with Gasteiger partial charge in [0.05, 0.1) is 28.2 Å². The number of phenolic OH excluding ortho intramolecular Hbond substituents is 2. The minimum Gasteiger partial charge on any atom is -0.508 e. The molecule has 2 aromatic heterocycles. The number of phenols is 2. The second-order valence-electron chi connectivity index (χ2n) is 18.5. The Hall–Kier alpha value is -6.13. The number of aromatic hydroxyl groups is 2. The van der Waals surface area contributed by atoms with Crippen LogP contribution in [-0.4, -0.2) is 105 Å². The number of aromatic nitrogens is 1. The SMILES string of the molecule is CCN(CCCCC(=O)N[C@H](C(=O)N1C[C@H](O)C[C@H]1C(=O)N[C@@H](C)c1ccc(-c2scnc2C)cc1)C(C)(C)C)CCOc1ccc(C(=O)c2c(-c3ccc(O)cc3)sc3cc(O)ccc23)cc1. The lowest BCUT2D eigenvalue weighted by molar-refractivity contribution is -0.144. The molecule has 6 aromatic rings. The summed E-state index contributed by atoms with van der Waals surface area (Å²) in [6.07, 6.45) is 0.827. The van der Waals surface area contributed by atoms with Crippen LogP contribution in [0.5, 0.6) is 17.2 Å². The molecule has 68 heavy (non-hydrogen) atoms. The van der Waals surface area contributed by atoms with Crippen LogP contribution in [0.15, 0.2) is 96.5 Å². The van der Waals surface area contributed by atoms with Crippen molar-refractivity contribution in [1.29, 1.82) is 0 Å². The van der Waals surface area contributed by atoms with Crippen LogP contribution in [0, 0.1) is 12.3 Å². The number of thiazole rings is 1. The Morgan fingerprint density at radius 1 is 0.882 bits per heavy atom. The maximum absolute atomic E-state index is 14.2. The van der Waals surface area contributed by atoms with Crippen molar-refractivity contribution in [2.24, 2.45) is 5.41 Å². The first kappa shape index (κ1) is 49.8. The van der Waals surface area contributed by atoms with E-state index < -0.39 is 29.5 Å². The molecule has 5 N–H and O–H groups in total. The van der Waals surface area contributed by atoms with E-state index in [1.165, 1.54) is 16.2 Å². The van der Waals surface area contributed by atoms with E-state index in [4.69, 9.17) is 4.74 Å². The van der Waals surface area contributed by atoms with Crippen LogP contribution in [0.1, 0.15) is 93.5 Å². The molecule has 13 nitrogen and oxygen atoms in total. The predicted molar refractivity (Wildman–Crippen MR) is 268 cm³/mol. The first-order valence-electron chi connectivity index (χ1n) is 23.1. The highest BCUT2D eigenvalue weighted by atomic mass is 32.1. The number of aliphatic hydroxyl groups excluding tert-OH is 1. The molecule has 3 heterocycles. The summed E-state index contributed by atoms with van der Waals surface area (Å²) in [6, 6.07) is 24.6. The average molecular weight is 960 g/mol. The number of fused-ring (bicyclic) bond motifs is 1. The van der Waals surface area contributed by atoms with Crippen molar-refractivity contribution < 1.29 is 39.2 Å². The van der Waals surface area contributed by atoms with Gasteiger partial charge in [-0.2, -0.15) is 0 Å². The molecular weight excluding hydrogens is 899 g/mol. The number of thiophene rings is 1. The first-order chi connectivity index (χ1) is 32.5. The van der Waals surface area contributed by atoms with Crippen molar-refractivity contribution >= 4 is 56.3 Å². The smallest absolute Gasteiger partial charge is 0.246 e. The summed E-state index contributed by atoms with van der Waals surface area (Å²) in [5.74, 6) is -0.274. The van der Waals surface area contributed by atoms with Gasteiger partial charge < -0.3 is 40.5 Å². The number of β-amino-alcohol motifs (C(OH)–C–C–N with tert-alkyl or cyclic N) is 1. The maximum atomic E-state index is 14.2. The zero-order chi connectivity index (χ0) is 48.7. The van der Waals surface area contributed by atoms with Gasteiger partial charge >= 0.3 is 0 Å². The van der Waals surface area contributed by atoms with Gasteiger partial charge in [0.1, 0.15) is 35.9 Å². The molecule has 0 saturated carbocycles. The quantitative estimate of drug-likeness (QED) is 0.0389. The summed E-state index contributed by atoms with van der Waals surface area (Å²) >= 11 is 2.99. The molecule has 0 radical (unpaired) electrons. The van der Waals surface area contributed by atoms with E-state index in [9.17, 15) is 34.5 Å². The first-order valence-corrected chi connectivity index (χ1v) is 24.8. The Labute approximate surface area is 405 Å². The number of nitrogens with zero attached hydrogens (tertiary/aromatic N) is 3. The van der Waals surface area contributed by atoms with Gasteiger partial charge in [0.15, 0.2) is 5.78 Å². The van der Waals surface area contributed by atoms with Gasteiger partial charge in [-0.1, -0.05) is 52.0 Å². The number of likely N-dealkylation sites (N-methyl/N-ethyl adjacent to an activating group) is 1. The molecule has 1 saturated heterocycles.